The van der Waals surface area contributed by atoms with Crippen molar-refractivity contribution in [1.82, 2.24) is 20.0 Å². The molecule has 3 unspecified atom stereocenters. The Balaban J connectivity index is 1.68. The summed E-state index contributed by atoms with van der Waals surface area (Å²) in [6.45, 7) is 1.78. The molecular weight excluding hydrogens is 294 g/mol. The monoisotopic (exact) mass is 315 g/mol. The molecule has 1 aromatic carbocycles. The zero-order valence-corrected chi connectivity index (χ0v) is 13.3. The summed E-state index contributed by atoms with van der Waals surface area (Å²) in [6.07, 6.45) is 0.651. The highest BCUT2D eigenvalue weighted by Gasteiger charge is 2.55. The summed E-state index contributed by atoms with van der Waals surface area (Å²) in [5.41, 5.74) is 1.13. The fraction of sp³-hybridized carbons (Fsp3) is 0.500. The molecule has 0 aromatic heterocycles. The van der Waals surface area contributed by atoms with E-state index in [1.165, 1.54) is 4.90 Å². The molecular formula is C16H21N5O2. The first kappa shape index (κ1) is 14.5. The molecule has 1 aromatic rings. The number of nitrogens with zero attached hydrogens (tertiary/aromatic N) is 4. The fourth-order valence-electron chi connectivity index (χ4n) is 3.89. The predicted molar refractivity (Wildman–Crippen MR) is 85.5 cm³/mol. The molecule has 3 fully saturated rings. The summed E-state index contributed by atoms with van der Waals surface area (Å²) in [5.74, 6) is -0.122. The van der Waals surface area contributed by atoms with Crippen LogP contribution in [0, 0.1) is 0 Å². The Morgan fingerprint density at radius 1 is 1.09 bits per heavy atom. The van der Waals surface area contributed by atoms with Crippen LogP contribution in [0.3, 0.4) is 0 Å². The molecule has 3 heterocycles. The highest BCUT2D eigenvalue weighted by molar-refractivity contribution is 6.00. The highest BCUT2D eigenvalue weighted by atomic mass is 16.2. The van der Waals surface area contributed by atoms with Crippen LogP contribution in [0.2, 0.25) is 0 Å². The van der Waals surface area contributed by atoms with E-state index < -0.39 is 0 Å². The minimum atomic E-state index is -0.320. The molecule has 3 saturated heterocycles. The van der Waals surface area contributed by atoms with Gasteiger partial charge in [0.15, 0.2) is 0 Å². The molecule has 23 heavy (non-hydrogen) atoms. The lowest BCUT2D eigenvalue weighted by Gasteiger charge is -2.43. The van der Waals surface area contributed by atoms with Crippen molar-refractivity contribution in [3.63, 3.8) is 0 Å². The Kier molecular flexibility index (Phi) is 3.28. The minimum Gasteiger partial charge on any atom is -0.343 e. The summed E-state index contributed by atoms with van der Waals surface area (Å²) in [5, 5.41) is 3.48. The van der Waals surface area contributed by atoms with Crippen LogP contribution in [0.4, 0.5) is 10.5 Å². The van der Waals surface area contributed by atoms with Crippen LogP contribution in [0.25, 0.3) is 0 Å². The number of hydrogen-bond donors (Lipinski definition) is 1. The van der Waals surface area contributed by atoms with Gasteiger partial charge < -0.3 is 9.80 Å². The second kappa shape index (κ2) is 5.21. The topological polar surface area (TPSA) is 59.1 Å². The Hall–Kier alpha value is -2.12. The molecule has 0 saturated carbocycles. The van der Waals surface area contributed by atoms with Gasteiger partial charge in [0.2, 0.25) is 0 Å². The van der Waals surface area contributed by atoms with E-state index in [9.17, 15) is 9.59 Å². The molecule has 1 N–H and O–H groups in total. The van der Waals surface area contributed by atoms with E-state index in [0.717, 1.165) is 25.2 Å². The first-order valence-corrected chi connectivity index (χ1v) is 7.97. The number of rotatable bonds is 1. The zero-order chi connectivity index (χ0) is 16.1. The van der Waals surface area contributed by atoms with E-state index in [2.05, 4.69) is 27.2 Å². The van der Waals surface area contributed by atoms with Crippen molar-refractivity contribution in [2.45, 2.75) is 24.9 Å². The van der Waals surface area contributed by atoms with E-state index >= 15 is 0 Å². The Bertz CT molecular complexity index is 637. The largest absolute Gasteiger partial charge is 0.343 e. The molecule has 3 amide bonds. The van der Waals surface area contributed by atoms with E-state index in [4.69, 9.17) is 0 Å². The molecule has 3 aliphatic heterocycles. The van der Waals surface area contributed by atoms with Crippen LogP contribution in [-0.2, 0) is 4.79 Å². The van der Waals surface area contributed by atoms with Crippen molar-refractivity contribution in [2.24, 2.45) is 0 Å². The SMILES string of the molecule is CN1C(=O)C2C(NC3N(c4ccccc4)CCCN23)N(C)C1=O. The van der Waals surface area contributed by atoms with E-state index in [1.54, 1.807) is 19.0 Å². The normalized spacial score (nSPS) is 31.4. The van der Waals surface area contributed by atoms with E-state index in [1.807, 2.05) is 18.2 Å². The van der Waals surface area contributed by atoms with Crippen LogP contribution in [-0.4, -0.2) is 72.3 Å². The third-order valence-electron chi connectivity index (χ3n) is 5.08. The number of carbonyl (C=O) groups is 2. The second-order valence-electron chi connectivity index (χ2n) is 6.34. The average Bonchev–Trinajstić information content (AvgIpc) is 2.98. The first-order valence-electron chi connectivity index (χ1n) is 7.97. The third-order valence-corrected chi connectivity index (χ3v) is 5.08. The second-order valence-corrected chi connectivity index (χ2v) is 6.34. The van der Waals surface area contributed by atoms with Crippen LogP contribution >= 0.6 is 0 Å². The first-order chi connectivity index (χ1) is 11.1. The Labute approximate surface area is 135 Å². The van der Waals surface area contributed by atoms with Gasteiger partial charge in [-0.25, -0.2) is 4.79 Å². The van der Waals surface area contributed by atoms with E-state index in [0.29, 0.717) is 0 Å². The lowest BCUT2D eigenvalue weighted by molar-refractivity contribution is -0.137. The van der Waals surface area contributed by atoms with Gasteiger partial charge in [-0.1, -0.05) is 18.2 Å². The van der Waals surface area contributed by atoms with Crippen molar-refractivity contribution in [2.75, 3.05) is 32.1 Å². The zero-order valence-electron chi connectivity index (χ0n) is 13.3. The maximum atomic E-state index is 12.6. The fourth-order valence-corrected chi connectivity index (χ4v) is 3.89. The molecule has 122 valence electrons. The lowest BCUT2D eigenvalue weighted by Crippen LogP contribution is -2.65. The van der Waals surface area contributed by atoms with Crippen molar-refractivity contribution in [1.29, 1.82) is 0 Å². The van der Waals surface area contributed by atoms with Crippen molar-refractivity contribution in [3.05, 3.63) is 30.3 Å². The number of carbonyl (C=O) groups excluding carboxylic acids is 2. The quantitative estimate of drug-likeness (QED) is 0.808. The summed E-state index contributed by atoms with van der Waals surface area (Å²) in [4.78, 5) is 32.1. The number of imide groups is 1. The number of likely N-dealkylation sites (N-methyl/N-ethyl adjacent to an activating group) is 2. The molecule has 7 heteroatoms. The van der Waals surface area contributed by atoms with Crippen LogP contribution in [0.15, 0.2) is 30.3 Å². The molecule has 4 rings (SSSR count). The summed E-state index contributed by atoms with van der Waals surface area (Å²) >= 11 is 0. The Morgan fingerprint density at radius 3 is 2.57 bits per heavy atom. The van der Waals surface area contributed by atoms with Gasteiger partial charge in [-0.2, -0.15) is 0 Å². The Morgan fingerprint density at radius 2 is 1.83 bits per heavy atom. The van der Waals surface area contributed by atoms with Crippen LogP contribution < -0.4 is 10.2 Å². The lowest BCUT2D eigenvalue weighted by atomic mass is 10.1. The molecule has 3 aliphatic rings. The number of fused-ring (bicyclic) bond motifs is 3. The molecule has 0 radical (unpaired) electrons. The summed E-state index contributed by atoms with van der Waals surface area (Å²) in [6, 6.07) is 9.62. The van der Waals surface area contributed by atoms with Crippen molar-refractivity contribution < 1.29 is 9.59 Å². The standard InChI is InChI=1S/C16H21N5O2/c1-18-13-12(14(22)19(2)16(18)23)21-10-6-9-20(15(21)17-13)11-7-4-3-5-8-11/h3-5,7-8,12-13,15,17H,6,9-10H2,1-2H3. The number of anilines is 1. The highest BCUT2D eigenvalue weighted by Crippen LogP contribution is 2.32. The number of nitrogens with one attached hydrogen (secondary N) is 1. The van der Waals surface area contributed by atoms with Gasteiger partial charge in [-0.05, 0) is 18.6 Å². The van der Waals surface area contributed by atoms with Gasteiger partial charge >= 0.3 is 6.03 Å². The number of amides is 3. The molecule has 7 nitrogen and oxygen atoms in total. The minimum absolute atomic E-state index is 0.0631. The predicted octanol–water partition coefficient (Wildman–Crippen LogP) is 0.304. The molecule has 0 spiro atoms. The summed E-state index contributed by atoms with van der Waals surface area (Å²) < 4.78 is 0. The molecule has 0 bridgehead atoms. The van der Waals surface area contributed by atoms with Gasteiger partial charge in [0.25, 0.3) is 5.91 Å². The van der Waals surface area contributed by atoms with Gasteiger partial charge in [-0.3, -0.25) is 19.9 Å². The maximum absolute atomic E-state index is 12.6. The molecule has 3 atom stereocenters. The smallest absolute Gasteiger partial charge is 0.327 e. The van der Waals surface area contributed by atoms with Crippen molar-refractivity contribution >= 4 is 17.6 Å². The number of benzene rings is 1. The van der Waals surface area contributed by atoms with Gasteiger partial charge in [-0.15, -0.1) is 0 Å². The number of hydrogen-bond acceptors (Lipinski definition) is 5. The van der Waals surface area contributed by atoms with Gasteiger partial charge in [0.1, 0.15) is 18.5 Å². The van der Waals surface area contributed by atoms with Gasteiger partial charge in [0, 0.05) is 32.9 Å². The number of urea groups is 1. The van der Waals surface area contributed by atoms with Crippen LogP contribution in [0.1, 0.15) is 6.42 Å². The van der Waals surface area contributed by atoms with E-state index in [-0.39, 0.29) is 30.4 Å². The van der Waals surface area contributed by atoms with Gasteiger partial charge in [0.05, 0.1) is 0 Å². The number of para-hydroxylation sites is 1. The molecule has 0 aliphatic carbocycles. The average molecular weight is 315 g/mol. The third kappa shape index (κ3) is 2.04. The maximum Gasteiger partial charge on any atom is 0.327 e. The van der Waals surface area contributed by atoms with Crippen LogP contribution in [0.5, 0.6) is 0 Å². The van der Waals surface area contributed by atoms with Crippen molar-refractivity contribution in [3.8, 4) is 0 Å². The summed E-state index contributed by atoms with van der Waals surface area (Å²) in [7, 11) is 3.31.